The Morgan fingerprint density at radius 3 is 2.44 bits per heavy atom. The van der Waals surface area contributed by atoms with Gasteiger partial charge in [-0.1, -0.05) is 19.2 Å². The highest BCUT2D eigenvalue weighted by Crippen LogP contribution is 2.03. The van der Waals surface area contributed by atoms with Crippen LogP contribution in [0.5, 0.6) is 0 Å². The van der Waals surface area contributed by atoms with Crippen LogP contribution < -0.4 is 0 Å². The standard InChI is InChI=1S/C12H16N2O2/c1-3-15-10-14(11-16-4-2)9-12-6-5-7-13-8-12/h3-8H,1-2,9-11H2. The lowest BCUT2D eigenvalue weighted by molar-refractivity contribution is 0.00868. The van der Waals surface area contributed by atoms with Crippen LogP contribution in [0.25, 0.3) is 0 Å². The lowest BCUT2D eigenvalue weighted by Gasteiger charge is -2.20. The minimum absolute atomic E-state index is 0.423. The van der Waals surface area contributed by atoms with Gasteiger partial charge < -0.3 is 9.47 Å². The van der Waals surface area contributed by atoms with Crippen LogP contribution in [0.4, 0.5) is 0 Å². The van der Waals surface area contributed by atoms with Gasteiger partial charge in [-0.3, -0.25) is 4.98 Å². The summed E-state index contributed by atoms with van der Waals surface area (Å²) in [5.41, 5.74) is 1.10. The molecule has 0 aliphatic carbocycles. The van der Waals surface area contributed by atoms with E-state index in [1.54, 1.807) is 6.20 Å². The summed E-state index contributed by atoms with van der Waals surface area (Å²) in [5.74, 6) is 0. The Morgan fingerprint density at radius 1 is 1.25 bits per heavy atom. The lowest BCUT2D eigenvalue weighted by Crippen LogP contribution is -2.27. The third kappa shape index (κ3) is 4.61. The predicted octanol–water partition coefficient (Wildman–Crippen LogP) is 2.12. The number of nitrogens with zero attached hydrogens (tertiary/aromatic N) is 2. The molecule has 1 aromatic heterocycles. The van der Waals surface area contributed by atoms with Crippen LogP contribution in [-0.2, 0) is 16.0 Å². The van der Waals surface area contributed by atoms with Crippen molar-refractivity contribution in [1.29, 1.82) is 0 Å². The molecule has 0 saturated carbocycles. The number of ether oxygens (including phenoxy) is 2. The Hall–Kier alpha value is -1.81. The molecule has 0 atom stereocenters. The number of hydrogen-bond acceptors (Lipinski definition) is 4. The van der Waals surface area contributed by atoms with Gasteiger partial charge in [0.25, 0.3) is 0 Å². The molecule has 0 aromatic carbocycles. The van der Waals surface area contributed by atoms with Crippen molar-refractivity contribution in [2.45, 2.75) is 6.54 Å². The van der Waals surface area contributed by atoms with Crippen molar-refractivity contribution in [3.05, 3.63) is 55.8 Å². The average Bonchev–Trinajstić information content (AvgIpc) is 2.34. The molecule has 4 heteroatoms. The summed E-state index contributed by atoms with van der Waals surface area (Å²) in [6, 6.07) is 3.90. The highest BCUT2D eigenvalue weighted by atomic mass is 16.5. The number of rotatable bonds is 8. The molecule has 1 rings (SSSR count). The van der Waals surface area contributed by atoms with Gasteiger partial charge in [0, 0.05) is 18.9 Å². The van der Waals surface area contributed by atoms with E-state index in [0.717, 1.165) is 5.56 Å². The maximum atomic E-state index is 5.12. The van der Waals surface area contributed by atoms with Crippen LogP contribution >= 0.6 is 0 Å². The van der Waals surface area contributed by atoms with Crippen LogP contribution in [0.1, 0.15) is 5.56 Å². The highest BCUT2D eigenvalue weighted by molar-refractivity contribution is 5.07. The zero-order valence-electron chi connectivity index (χ0n) is 9.21. The second-order valence-corrected chi connectivity index (χ2v) is 3.12. The molecule has 0 fully saturated rings. The second kappa shape index (κ2) is 7.48. The largest absolute Gasteiger partial charge is 0.486 e. The van der Waals surface area contributed by atoms with Crippen LogP contribution in [0, 0.1) is 0 Å². The van der Waals surface area contributed by atoms with Crippen LogP contribution in [0.2, 0.25) is 0 Å². The topological polar surface area (TPSA) is 34.6 Å². The van der Waals surface area contributed by atoms with E-state index in [9.17, 15) is 0 Å². The zero-order chi connectivity index (χ0) is 11.6. The molecular weight excluding hydrogens is 204 g/mol. The summed E-state index contributed by atoms with van der Waals surface area (Å²) in [5, 5.41) is 0. The molecule has 0 spiro atoms. The Morgan fingerprint density at radius 2 is 1.94 bits per heavy atom. The predicted molar refractivity (Wildman–Crippen MR) is 62.1 cm³/mol. The van der Waals surface area contributed by atoms with E-state index < -0.39 is 0 Å². The van der Waals surface area contributed by atoms with Gasteiger partial charge in [-0.25, -0.2) is 4.90 Å². The highest BCUT2D eigenvalue weighted by Gasteiger charge is 2.05. The molecule has 16 heavy (non-hydrogen) atoms. The second-order valence-electron chi connectivity index (χ2n) is 3.12. The Labute approximate surface area is 95.8 Å². The molecular formula is C12H16N2O2. The summed E-state index contributed by atoms with van der Waals surface area (Å²) in [6.07, 6.45) is 6.37. The Balaban J connectivity index is 2.48. The monoisotopic (exact) mass is 220 g/mol. The molecule has 1 heterocycles. The number of hydrogen-bond donors (Lipinski definition) is 0. The van der Waals surface area contributed by atoms with Crippen molar-refractivity contribution in [2.24, 2.45) is 0 Å². The van der Waals surface area contributed by atoms with Gasteiger partial charge in [-0.05, 0) is 11.6 Å². The first-order valence-electron chi connectivity index (χ1n) is 4.93. The first-order valence-corrected chi connectivity index (χ1v) is 4.93. The summed E-state index contributed by atoms with van der Waals surface area (Å²) in [6.45, 7) is 8.55. The number of aromatic nitrogens is 1. The SMILES string of the molecule is C=COCN(COC=C)Cc1cccnc1. The molecule has 0 aliphatic heterocycles. The molecule has 0 bridgehead atoms. The molecule has 0 unspecified atom stereocenters. The molecule has 86 valence electrons. The maximum absolute atomic E-state index is 5.12. The van der Waals surface area contributed by atoms with Gasteiger partial charge >= 0.3 is 0 Å². The van der Waals surface area contributed by atoms with Gasteiger partial charge in [-0.15, -0.1) is 0 Å². The van der Waals surface area contributed by atoms with Gasteiger partial charge in [-0.2, -0.15) is 0 Å². The molecule has 0 radical (unpaired) electrons. The lowest BCUT2D eigenvalue weighted by atomic mass is 10.3. The van der Waals surface area contributed by atoms with Gasteiger partial charge in [0.05, 0.1) is 12.5 Å². The third-order valence-corrected chi connectivity index (χ3v) is 1.88. The molecule has 0 N–H and O–H groups in total. The van der Waals surface area contributed by atoms with Gasteiger partial charge in [0.15, 0.2) is 0 Å². The maximum Gasteiger partial charge on any atom is 0.144 e. The van der Waals surface area contributed by atoms with E-state index in [2.05, 4.69) is 18.1 Å². The van der Waals surface area contributed by atoms with E-state index in [1.165, 1.54) is 12.5 Å². The first kappa shape index (κ1) is 12.3. The van der Waals surface area contributed by atoms with E-state index in [0.29, 0.717) is 20.0 Å². The third-order valence-electron chi connectivity index (χ3n) is 1.88. The minimum Gasteiger partial charge on any atom is -0.486 e. The Bertz CT molecular complexity index is 302. The molecule has 4 nitrogen and oxygen atoms in total. The van der Waals surface area contributed by atoms with Crippen molar-refractivity contribution in [1.82, 2.24) is 9.88 Å². The first-order chi connectivity index (χ1) is 7.86. The van der Waals surface area contributed by atoms with Crippen LogP contribution in [0.15, 0.2) is 50.2 Å². The molecule has 1 aromatic rings. The number of pyridine rings is 1. The van der Waals surface area contributed by atoms with Crippen LogP contribution in [-0.4, -0.2) is 23.3 Å². The quantitative estimate of drug-likeness (QED) is 0.496. The fourth-order valence-corrected chi connectivity index (χ4v) is 1.19. The summed E-state index contributed by atoms with van der Waals surface area (Å²) in [4.78, 5) is 6.01. The average molecular weight is 220 g/mol. The smallest absolute Gasteiger partial charge is 0.144 e. The summed E-state index contributed by atoms with van der Waals surface area (Å²) < 4.78 is 10.2. The molecule has 0 amide bonds. The fraction of sp³-hybridized carbons (Fsp3) is 0.250. The zero-order valence-corrected chi connectivity index (χ0v) is 9.21. The Kier molecular flexibility index (Phi) is 5.73. The van der Waals surface area contributed by atoms with Crippen molar-refractivity contribution < 1.29 is 9.47 Å². The van der Waals surface area contributed by atoms with Gasteiger partial charge in [0.2, 0.25) is 0 Å². The summed E-state index contributed by atoms with van der Waals surface area (Å²) in [7, 11) is 0. The van der Waals surface area contributed by atoms with E-state index in [-0.39, 0.29) is 0 Å². The fourth-order valence-electron chi connectivity index (χ4n) is 1.19. The van der Waals surface area contributed by atoms with E-state index in [1.807, 2.05) is 23.2 Å². The van der Waals surface area contributed by atoms with E-state index >= 15 is 0 Å². The van der Waals surface area contributed by atoms with E-state index in [4.69, 9.17) is 9.47 Å². The van der Waals surface area contributed by atoms with Crippen LogP contribution in [0.3, 0.4) is 0 Å². The normalized spacial score (nSPS) is 9.81. The minimum atomic E-state index is 0.423. The molecule has 0 aliphatic rings. The van der Waals surface area contributed by atoms with Crippen molar-refractivity contribution in [2.75, 3.05) is 13.5 Å². The summed E-state index contributed by atoms with van der Waals surface area (Å²) >= 11 is 0. The van der Waals surface area contributed by atoms with Crippen molar-refractivity contribution >= 4 is 0 Å². The van der Waals surface area contributed by atoms with Crippen molar-refractivity contribution in [3.63, 3.8) is 0 Å². The molecule has 0 saturated heterocycles. The van der Waals surface area contributed by atoms with Crippen molar-refractivity contribution in [3.8, 4) is 0 Å². The van der Waals surface area contributed by atoms with Gasteiger partial charge in [0.1, 0.15) is 13.5 Å².